The Labute approximate surface area is 256 Å². The van der Waals surface area contributed by atoms with E-state index in [1.165, 1.54) is 26.3 Å². The van der Waals surface area contributed by atoms with Gasteiger partial charge in [-0.25, -0.2) is 14.2 Å². The lowest BCUT2D eigenvalue weighted by Crippen LogP contribution is -2.46. The number of aromatic nitrogens is 6. The lowest BCUT2D eigenvalue weighted by atomic mass is 9.98. The van der Waals surface area contributed by atoms with E-state index in [0.29, 0.717) is 28.3 Å². The maximum atomic E-state index is 14.2. The van der Waals surface area contributed by atoms with Gasteiger partial charge in [0.1, 0.15) is 0 Å². The van der Waals surface area contributed by atoms with Crippen LogP contribution in [0.15, 0.2) is 57.9 Å². The van der Waals surface area contributed by atoms with Crippen molar-refractivity contribution in [2.24, 2.45) is 7.05 Å². The average Bonchev–Trinajstić information content (AvgIpc) is 3.53. The molecule has 14 heteroatoms. The summed E-state index contributed by atoms with van der Waals surface area (Å²) in [7, 11) is 1.81. The quantitative estimate of drug-likeness (QED) is 0.231. The van der Waals surface area contributed by atoms with Crippen LogP contribution in [0.5, 0.6) is 0 Å². The van der Waals surface area contributed by atoms with Crippen LogP contribution in [-0.2, 0) is 32.6 Å². The second-order valence-electron chi connectivity index (χ2n) is 10.8. The summed E-state index contributed by atoms with van der Waals surface area (Å²) in [5, 5.41) is 9.60. The standard InChI is InChI=1S/C30H26BrF4N7O2/c1-16-11-22-25(15-40(16)27(43)18-4-6-24(31)23(13-18)30(33,34)35)37-29(42-17(2)10-20(38-42)8-9-32)41(28(22)44)21-5-7-26-19(12-21)14-36-39(26)3/h4-7,10,12-14,16H,8-9,11,15H2,1-3H3/t16-/m1/s1. The maximum absolute atomic E-state index is 14.2. The number of alkyl halides is 4. The number of hydrogen-bond acceptors (Lipinski definition) is 5. The van der Waals surface area contributed by atoms with E-state index >= 15 is 0 Å². The summed E-state index contributed by atoms with van der Waals surface area (Å²) in [6.45, 7) is 2.79. The number of rotatable bonds is 5. The number of nitrogens with zero attached hydrogens (tertiary/aromatic N) is 7. The van der Waals surface area contributed by atoms with Crippen molar-refractivity contribution >= 4 is 32.7 Å². The summed E-state index contributed by atoms with van der Waals surface area (Å²) in [6, 6.07) is 9.98. The number of aryl methyl sites for hydroxylation is 3. The third-order valence-electron chi connectivity index (χ3n) is 7.84. The van der Waals surface area contributed by atoms with Gasteiger partial charge < -0.3 is 4.90 Å². The highest BCUT2D eigenvalue weighted by atomic mass is 79.9. The lowest BCUT2D eigenvalue weighted by Gasteiger charge is -2.34. The molecule has 228 valence electrons. The molecule has 0 aliphatic carbocycles. The molecule has 0 fully saturated rings. The molecule has 4 heterocycles. The molecule has 0 bridgehead atoms. The number of benzene rings is 2. The highest BCUT2D eigenvalue weighted by Crippen LogP contribution is 2.36. The minimum atomic E-state index is -4.65. The van der Waals surface area contributed by atoms with E-state index in [2.05, 4.69) is 26.1 Å². The lowest BCUT2D eigenvalue weighted by molar-refractivity contribution is -0.138. The van der Waals surface area contributed by atoms with E-state index in [4.69, 9.17) is 4.98 Å². The van der Waals surface area contributed by atoms with Crippen LogP contribution < -0.4 is 5.56 Å². The van der Waals surface area contributed by atoms with Crippen molar-refractivity contribution in [1.82, 2.24) is 34.0 Å². The number of fused-ring (bicyclic) bond motifs is 2. The van der Waals surface area contributed by atoms with E-state index < -0.39 is 30.4 Å². The summed E-state index contributed by atoms with van der Waals surface area (Å²) in [5.41, 5.74) is 1.71. The van der Waals surface area contributed by atoms with Crippen LogP contribution in [0.25, 0.3) is 22.5 Å². The number of amides is 1. The van der Waals surface area contributed by atoms with Crippen LogP contribution in [-0.4, -0.2) is 52.6 Å². The Balaban J connectivity index is 1.49. The summed E-state index contributed by atoms with van der Waals surface area (Å²) >= 11 is 2.91. The van der Waals surface area contributed by atoms with Gasteiger partial charge in [0.2, 0.25) is 5.95 Å². The highest BCUT2D eigenvalue weighted by molar-refractivity contribution is 9.10. The second kappa shape index (κ2) is 11.0. The zero-order chi connectivity index (χ0) is 31.5. The highest BCUT2D eigenvalue weighted by Gasteiger charge is 2.36. The van der Waals surface area contributed by atoms with Gasteiger partial charge >= 0.3 is 6.18 Å². The van der Waals surface area contributed by atoms with Crippen molar-refractivity contribution in [3.63, 3.8) is 0 Å². The molecule has 44 heavy (non-hydrogen) atoms. The molecule has 1 amide bonds. The predicted molar refractivity (Wildman–Crippen MR) is 158 cm³/mol. The third kappa shape index (κ3) is 5.10. The molecule has 2 aromatic carbocycles. The van der Waals surface area contributed by atoms with E-state index in [9.17, 15) is 27.2 Å². The van der Waals surface area contributed by atoms with Crippen molar-refractivity contribution < 1.29 is 22.4 Å². The third-order valence-corrected chi connectivity index (χ3v) is 8.53. The first kappa shape index (κ1) is 29.7. The fourth-order valence-corrected chi connectivity index (χ4v) is 6.06. The Morgan fingerprint density at radius 3 is 2.64 bits per heavy atom. The Morgan fingerprint density at radius 1 is 1.14 bits per heavy atom. The molecule has 0 saturated carbocycles. The first-order valence-electron chi connectivity index (χ1n) is 13.7. The molecule has 6 rings (SSSR count). The van der Waals surface area contributed by atoms with Gasteiger partial charge in [-0.15, -0.1) is 0 Å². The van der Waals surface area contributed by atoms with Gasteiger partial charge in [0.15, 0.2) is 0 Å². The first-order chi connectivity index (χ1) is 20.9. The first-order valence-corrected chi connectivity index (χ1v) is 14.5. The molecule has 9 nitrogen and oxygen atoms in total. The molecule has 3 aromatic heterocycles. The summed E-state index contributed by atoms with van der Waals surface area (Å²) in [5.74, 6) is -0.472. The molecule has 1 aliphatic rings. The number of carbonyl (C=O) groups is 1. The monoisotopic (exact) mass is 671 g/mol. The number of hydrogen-bond donors (Lipinski definition) is 0. The van der Waals surface area contributed by atoms with Gasteiger partial charge in [0, 0.05) is 46.2 Å². The van der Waals surface area contributed by atoms with Gasteiger partial charge in [-0.1, -0.05) is 15.9 Å². The van der Waals surface area contributed by atoms with Crippen LogP contribution >= 0.6 is 15.9 Å². The smallest absolute Gasteiger partial charge is 0.330 e. The molecule has 0 saturated heterocycles. The zero-order valence-electron chi connectivity index (χ0n) is 23.9. The second-order valence-corrected chi connectivity index (χ2v) is 11.6. The van der Waals surface area contributed by atoms with Crippen LogP contribution in [0, 0.1) is 6.92 Å². The van der Waals surface area contributed by atoms with Gasteiger partial charge in [-0.2, -0.15) is 23.4 Å². The Kier molecular flexibility index (Phi) is 7.42. The largest absolute Gasteiger partial charge is 0.417 e. The van der Waals surface area contributed by atoms with Crippen molar-refractivity contribution in [3.8, 4) is 11.6 Å². The van der Waals surface area contributed by atoms with Gasteiger partial charge in [0.25, 0.3) is 11.5 Å². The number of carbonyl (C=O) groups excluding carboxylic acids is 1. The van der Waals surface area contributed by atoms with E-state index in [1.807, 2.05) is 19.2 Å². The topological polar surface area (TPSA) is 90.8 Å². The van der Waals surface area contributed by atoms with Crippen molar-refractivity contribution in [1.29, 1.82) is 0 Å². The SMILES string of the molecule is Cc1cc(CCF)nn1-c1nc2c(c(=O)n1-c1ccc3c(cnn3C)c1)C[C@@H](C)N(C(=O)c1ccc(Br)c(C(F)(F)F)c1)C2. The molecule has 5 aromatic rings. The van der Waals surface area contributed by atoms with Gasteiger partial charge in [0.05, 0.1) is 47.6 Å². The average molecular weight is 672 g/mol. The predicted octanol–water partition coefficient (Wildman–Crippen LogP) is 5.49. The molecular formula is C30H26BrF4N7O2. The summed E-state index contributed by atoms with van der Waals surface area (Å²) in [6.07, 6.45) is -2.75. The van der Waals surface area contributed by atoms with Crippen LogP contribution in [0.1, 0.15) is 45.5 Å². The fourth-order valence-electron chi connectivity index (χ4n) is 5.58. The van der Waals surface area contributed by atoms with Gasteiger partial charge in [-0.05, 0) is 62.7 Å². The maximum Gasteiger partial charge on any atom is 0.417 e. The van der Waals surface area contributed by atoms with Crippen LogP contribution in [0.2, 0.25) is 0 Å². The molecule has 1 atom stereocenters. The minimum absolute atomic E-state index is 0.0809. The molecule has 1 aliphatic heterocycles. The minimum Gasteiger partial charge on any atom is -0.330 e. The Bertz CT molecular complexity index is 2000. The fraction of sp³-hybridized carbons (Fsp3) is 0.300. The van der Waals surface area contributed by atoms with E-state index in [0.717, 1.165) is 17.0 Å². The normalized spacial score (nSPS) is 15.2. The van der Waals surface area contributed by atoms with Crippen LogP contribution in [0.3, 0.4) is 0 Å². The van der Waals surface area contributed by atoms with E-state index in [1.54, 1.807) is 36.9 Å². The number of halogens is 5. The Morgan fingerprint density at radius 2 is 1.91 bits per heavy atom. The van der Waals surface area contributed by atoms with Crippen molar-refractivity contribution in [3.05, 3.63) is 97.3 Å². The molecular weight excluding hydrogens is 646 g/mol. The molecule has 0 spiro atoms. The summed E-state index contributed by atoms with van der Waals surface area (Å²) in [4.78, 5) is 34.1. The van der Waals surface area contributed by atoms with Crippen LogP contribution in [0.4, 0.5) is 17.6 Å². The van der Waals surface area contributed by atoms with Crippen molar-refractivity contribution in [2.75, 3.05) is 6.67 Å². The zero-order valence-corrected chi connectivity index (χ0v) is 25.4. The summed E-state index contributed by atoms with van der Waals surface area (Å²) < 4.78 is 58.3. The van der Waals surface area contributed by atoms with Crippen molar-refractivity contribution in [2.45, 2.75) is 45.5 Å². The molecule has 0 unspecified atom stereocenters. The molecule has 0 radical (unpaired) electrons. The van der Waals surface area contributed by atoms with Gasteiger partial charge in [-0.3, -0.25) is 18.7 Å². The Hall–Kier alpha value is -4.33. The molecule has 0 N–H and O–H groups in total. The van der Waals surface area contributed by atoms with E-state index in [-0.39, 0.29) is 40.9 Å².